The van der Waals surface area contributed by atoms with Gasteiger partial charge in [-0.2, -0.15) is 0 Å². The van der Waals surface area contributed by atoms with Crippen LogP contribution in [0, 0.1) is 6.42 Å². The Bertz CT molecular complexity index is 87.1. The molecule has 0 aromatic heterocycles. The van der Waals surface area contributed by atoms with Gasteiger partial charge in [0.2, 0.25) is 12.1 Å². The predicted molar refractivity (Wildman–Crippen MR) is 39.2 cm³/mol. The molecule has 0 N–H and O–H groups in total. The van der Waals surface area contributed by atoms with Crippen LogP contribution in [0.4, 0.5) is 0 Å². The molecule has 1 rings (SSSR count). The molecule has 0 bridgehead atoms. The summed E-state index contributed by atoms with van der Waals surface area (Å²) in [7, 11) is 8.46. The van der Waals surface area contributed by atoms with Crippen molar-refractivity contribution in [3.8, 4) is 0 Å². The fourth-order valence-corrected chi connectivity index (χ4v) is 1.09. The molecule has 1 saturated carbocycles. The van der Waals surface area contributed by atoms with Gasteiger partial charge in [-0.3, -0.25) is 9.80 Å². The van der Waals surface area contributed by atoms with Gasteiger partial charge in [-0.05, 0) is 28.2 Å². The maximum absolute atomic E-state index is 2.33. The van der Waals surface area contributed by atoms with Crippen molar-refractivity contribution in [1.29, 1.82) is 0 Å². The van der Waals surface area contributed by atoms with E-state index in [9.17, 15) is 0 Å². The fourth-order valence-electron chi connectivity index (χ4n) is 1.09. The Hall–Kier alpha value is -0.210. The molecule has 1 aliphatic carbocycles. The molecule has 1 fully saturated rings. The van der Waals surface area contributed by atoms with E-state index in [1.165, 1.54) is 0 Å². The minimum atomic E-state index is 0.694. The second-order valence-electron chi connectivity index (χ2n) is 3.10. The molecule has 2 atom stereocenters. The average molecular weight is 127 g/mol. The zero-order valence-electron chi connectivity index (χ0n) is 6.63. The molecule has 2 heteroatoms. The minimum Gasteiger partial charge on any atom is -0.264 e. The number of rotatable bonds is 2. The fraction of sp³-hybridized carbons (Fsp3) is 0.857. The van der Waals surface area contributed by atoms with Gasteiger partial charge in [0.15, 0.2) is 0 Å². The summed E-state index contributed by atoms with van der Waals surface area (Å²) in [5.41, 5.74) is 0. The van der Waals surface area contributed by atoms with Gasteiger partial charge in [-0.25, -0.2) is 0 Å². The second-order valence-corrected chi connectivity index (χ2v) is 3.10. The van der Waals surface area contributed by atoms with Crippen LogP contribution in [-0.4, -0.2) is 50.1 Å². The summed E-state index contributed by atoms with van der Waals surface area (Å²) in [6, 6.07) is 1.39. The minimum absolute atomic E-state index is 0.694. The number of hydrogen-bond donors (Lipinski definition) is 0. The van der Waals surface area contributed by atoms with Crippen molar-refractivity contribution < 1.29 is 0 Å². The molecule has 2 unspecified atom stereocenters. The zero-order valence-corrected chi connectivity index (χ0v) is 6.63. The van der Waals surface area contributed by atoms with Crippen molar-refractivity contribution in [2.45, 2.75) is 12.1 Å². The van der Waals surface area contributed by atoms with Crippen molar-refractivity contribution >= 4 is 0 Å². The first-order chi connectivity index (χ1) is 4.13. The smallest absolute Gasteiger partial charge is 0.210 e. The van der Waals surface area contributed by atoms with Gasteiger partial charge in [-0.15, -0.1) is 0 Å². The SMILES string of the molecule is CN(C)C1[CH+]C1N(C)C. The summed E-state index contributed by atoms with van der Waals surface area (Å²) in [6.07, 6.45) is 2.33. The van der Waals surface area contributed by atoms with Crippen LogP contribution in [0.1, 0.15) is 0 Å². The van der Waals surface area contributed by atoms with Gasteiger partial charge >= 0.3 is 0 Å². The number of nitrogens with zero attached hydrogens (tertiary/aromatic N) is 2. The molecule has 52 valence electrons. The highest BCUT2D eigenvalue weighted by atomic mass is 15.2. The first kappa shape index (κ1) is 6.90. The van der Waals surface area contributed by atoms with Crippen LogP contribution in [0.25, 0.3) is 0 Å². The first-order valence-electron chi connectivity index (χ1n) is 3.31. The molecule has 0 heterocycles. The lowest BCUT2D eigenvalue weighted by atomic mass is 10.5. The van der Waals surface area contributed by atoms with Crippen LogP contribution in [0.15, 0.2) is 0 Å². The molecule has 0 aromatic carbocycles. The normalized spacial score (nSPS) is 33.1. The maximum atomic E-state index is 2.33. The van der Waals surface area contributed by atoms with Crippen LogP contribution in [0.3, 0.4) is 0 Å². The quantitative estimate of drug-likeness (QED) is 0.484. The van der Waals surface area contributed by atoms with Crippen molar-refractivity contribution in [3.63, 3.8) is 0 Å². The van der Waals surface area contributed by atoms with Gasteiger partial charge in [0.05, 0.1) is 0 Å². The monoisotopic (exact) mass is 127 g/mol. The van der Waals surface area contributed by atoms with E-state index >= 15 is 0 Å². The highest BCUT2D eigenvalue weighted by Gasteiger charge is 2.54. The maximum Gasteiger partial charge on any atom is 0.210 e. The van der Waals surface area contributed by atoms with E-state index in [0.29, 0.717) is 12.1 Å². The third-order valence-electron chi connectivity index (χ3n) is 1.80. The van der Waals surface area contributed by atoms with E-state index in [2.05, 4.69) is 44.4 Å². The molecule has 9 heavy (non-hydrogen) atoms. The topological polar surface area (TPSA) is 6.48 Å². The van der Waals surface area contributed by atoms with Crippen molar-refractivity contribution in [1.82, 2.24) is 9.80 Å². The lowest BCUT2D eigenvalue weighted by Gasteiger charge is -2.04. The number of likely N-dealkylation sites (N-methyl/N-ethyl adjacent to an activating group) is 2. The Kier molecular flexibility index (Phi) is 1.68. The Morgan fingerprint density at radius 2 is 1.22 bits per heavy atom. The Morgan fingerprint density at radius 1 is 0.889 bits per heavy atom. The third kappa shape index (κ3) is 1.37. The van der Waals surface area contributed by atoms with Crippen LogP contribution in [0.2, 0.25) is 0 Å². The lowest BCUT2D eigenvalue weighted by Crippen LogP contribution is -2.25. The molecular formula is C7H15N2+. The van der Waals surface area contributed by atoms with Crippen LogP contribution in [0.5, 0.6) is 0 Å². The van der Waals surface area contributed by atoms with Crippen molar-refractivity contribution in [3.05, 3.63) is 6.42 Å². The third-order valence-corrected chi connectivity index (χ3v) is 1.80. The van der Waals surface area contributed by atoms with E-state index < -0.39 is 0 Å². The molecular weight excluding hydrogens is 112 g/mol. The van der Waals surface area contributed by atoms with Gasteiger partial charge in [0.25, 0.3) is 0 Å². The second kappa shape index (κ2) is 2.20. The van der Waals surface area contributed by atoms with Crippen molar-refractivity contribution in [2.75, 3.05) is 28.2 Å². The molecule has 0 aromatic rings. The molecule has 1 aliphatic rings. The van der Waals surface area contributed by atoms with Crippen LogP contribution < -0.4 is 0 Å². The largest absolute Gasteiger partial charge is 0.264 e. The van der Waals surface area contributed by atoms with E-state index in [0.717, 1.165) is 0 Å². The van der Waals surface area contributed by atoms with Gasteiger partial charge in [0, 0.05) is 0 Å². The highest BCUT2D eigenvalue weighted by molar-refractivity contribution is 5.17. The van der Waals surface area contributed by atoms with Crippen molar-refractivity contribution in [2.24, 2.45) is 0 Å². The number of hydrogen-bond acceptors (Lipinski definition) is 2. The molecule has 0 saturated heterocycles. The predicted octanol–water partition coefficient (Wildman–Crippen LogP) is 0.0647. The standard InChI is InChI=1S/C7H15N2/c1-8(2)6-5-7(6)9(3)4/h5-7H,1-4H3/q+1. The van der Waals surface area contributed by atoms with Gasteiger partial charge in [-0.1, -0.05) is 0 Å². The Morgan fingerprint density at radius 3 is 1.33 bits per heavy atom. The highest BCUT2D eigenvalue weighted by Crippen LogP contribution is 2.27. The molecule has 0 radical (unpaired) electrons. The molecule has 0 spiro atoms. The van der Waals surface area contributed by atoms with Gasteiger partial charge < -0.3 is 0 Å². The zero-order chi connectivity index (χ0) is 7.02. The molecule has 0 amide bonds. The summed E-state index contributed by atoms with van der Waals surface area (Å²) in [4.78, 5) is 4.48. The summed E-state index contributed by atoms with van der Waals surface area (Å²) in [5.74, 6) is 0. The average Bonchev–Trinajstić information content (AvgIpc) is 2.39. The van der Waals surface area contributed by atoms with E-state index in [1.807, 2.05) is 0 Å². The molecule has 0 aliphatic heterocycles. The van der Waals surface area contributed by atoms with Crippen LogP contribution in [-0.2, 0) is 0 Å². The van der Waals surface area contributed by atoms with Gasteiger partial charge in [0.1, 0.15) is 6.42 Å². The molecule has 2 nitrogen and oxygen atoms in total. The van der Waals surface area contributed by atoms with E-state index in [4.69, 9.17) is 0 Å². The summed E-state index contributed by atoms with van der Waals surface area (Å²) in [6.45, 7) is 0. The summed E-state index contributed by atoms with van der Waals surface area (Å²) in [5, 5.41) is 0. The summed E-state index contributed by atoms with van der Waals surface area (Å²) < 4.78 is 0. The van der Waals surface area contributed by atoms with E-state index in [1.54, 1.807) is 0 Å². The van der Waals surface area contributed by atoms with E-state index in [-0.39, 0.29) is 0 Å². The Labute approximate surface area is 57.4 Å². The summed E-state index contributed by atoms with van der Waals surface area (Å²) >= 11 is 0. The van der Waals surface area contributed by atoms with Crippen LogP contribution >= 0.6 is 0 Å². The Balaban J connectivity index is 2.24. The lowest BCUT2D eigenvalue weighted by molar-refractivity contribution is 0.315. The first-order valence-corrected chi connectivity index (χ1v) is 3.31.